The molecule has 1 fully saturated rings. The summed E-state index contributed by atoms with van der Waals surface area (Å²) in [7, 11) is -4.55. The van der Waals surface area contributed by atoms with Gasteiger partial charge in [0.25, 0.3) is 5.91 Å². The lowest BCUT2D eigenvalue weighted by molar-refractivity contribution is -0.189. The van der Waals surface area contributed by atoms with Gasteiger partial charge in [0.2, 0.25) is 10.0 Å². The molecule has 230 valence electrons. The van der Waals surface area contributed by atoms with E-state index in [9.17, 15) is 31.2 Å². The molecule has 1 amide bonds. The summed E-state index contributed by atoms with van der Waals surface area (Å²) in [4.78, 5) is 28.5. The standard InChI is InChI=1S/C29H30F3N3O7S/c1-19(2)41-22-13-11-20(12-14-22)34-27(36)24-9-5-10-25(26(24)42-28(37)29(30,31)32)43(38,39)35-16-6-8-23(17-35)40-18-21-7-3-4-15-33-21/h3-5,7,9-15,19,23H,6,8,16-18H2,1-2H3,(H,34,36). The van der Waals surface area contributed by atoms with Gasteiger partial charge in [-0.25, -0.2) is 13.2 Å². The zero-order valence-electron chi connectivity index (χ0n) is 23.3. The molecule has 10 nitrogen and oxygen atoms in total. The Bertz CT molecular complexity index is 1530. The van der Waals surface area contributed by atoms with Crippen molar-refractivity contribution < 1.29 is 45.4 Å². The second-order valence-corrected chi connectivity index (χ2v) is 11.8. The molecular formula is C29H30F3N3O7S. The van der Waals surface area contributed by atoms with Crippen molar-refractivity contribution >= 4 is 27.6 Å². The van der Waals surface area contributed by atoms with E-state index >= 15 is 0 Å². The largest absolute Gasteiger partial charge is 0.491 e. The lowest BCUT2D eigenvalue weighted by Crippen LogP contribution is -2.43. The highest BCUT2D eigenvalue weighted by atomic mass is 32.2. The quantitative estimate of drug-likeness (QED) is 0.249. The van der Waals surface area contributed by atoms with Crippen LogP contribution in [0.5, 0.6) is 11.5 Å². The number of esters is 1. The molecule has 1 aliphatic heterocycles. The van der Waals surface area contributed by atoms with Crippen LogP contribution in [0.15, 0.2) is 71.8 Å². The highest BCUT2D eigenvalue weighted by Crippen LogP contribution is 2.34. The molecule has 0 aliphatic carbocycles. The Labute approximate surface area is 246 Å². The summed E-state index contributed by atoms with van der Waals surface area (Å²) in [6, 6.07) is 14.7. The summed E-state index contributed by atoms with van der Waals surface area (Å²) in [6.45, 7) is 3.73. The van der Waals surface area contributed by atoms with Crippen molar-refractivity contribution in [3.63, 3.8) is 0 Å². The highest BCUT2D eigenvalue weighted by Gasteiger charge is 2.43. The van der Waals surface area contributed by atoms with Crippen molar-refractivity contribution in [2.24, 2.45) is 0 Å². The van der Waals surface area contributed by atoms with Crippen molar-refractivity contribution in [1.82, 2.24) is 9.29 Å². The number of para-hydroxylation sites is 1. The number of carbonyl (C=O) groups excluding carboxylic acids is 2. The Kier molecular flexibility index (Phi) is 10.0. The van der Waals surface area contributed by atoms with Crippen LogP contribution in [0, 0.1) is 0 Å². The maximum absolute atomic E-state index is 13.8. The van der Waals surface area contributed by atoms with Crippen molar-refractivity contribution in [2.75, 3.05) is 18.4 Å². The third-order valence-electron chi connectivity index (χ3n) is 6.29. The van der Waals surface area contributed by atoms with Gasteiger partial charge >= 0.3 is 12.1 Å². The van der Waals surface area contributed by atoms with E-state index in [1.165, 1.54) is 18.2 Å². The molecule has 1 atom stereocenters. The summed E-state index contributed by atoms with van der Waals surface area (Å²) >= 11 is 0. The Morgan fingerprint density at radius 1 is 1.07 bits per heavy atom. The number of ether oxygens (including phenoxy) is 3. The average molecular weight is 622 g/mol. The molecule has 3 aromatic rings. The molecule has 1 unspecified atom stereocenters. The van der Waals surface area contributed by atoms with Gasteiger partial charge in [-0.3, -0.25) is 9.78 Å². The number of sulfonamides is 1. The summed E-state index contributed by atoms with van der Waals surface area (Å²) < 4.78 is 84.2. The van der Waals surface area contributed by atoms with Gasteiger partial charge in [0.15, 0.2) is 5.75 Å². The van der Waals surface area contributed by atoms with Crippen LogP contribution in [0.2, 0.25) is 0 Å². The Hall–Kier alpha value is -4.01. The molecule has 1 aliphatic rings. The van der Waals surface area contributed by atoms with Gasteiger partial charge in [0.05, 0.1) is 30.1 Å². The first-order valence-corrected chi connectivity index (χ1v) is 14.8. The highest BCUT2D eigenvalue weighted by molar-refractivity contribution is 7.89. The number of pyridine rings is 1. The van der Waals surface area contributed by atoms with E-state index in [1.807, 2.05) is 13.8 Å². The molecule has 1 N–H and O–H groups in total. The van der Waals surface area contributed by atoms with Crippen molar-refractivity contribution in [3.05, 3.63) is 78.1 Å². The van der Waals surface area contributed by atoms with E-state index in [-0.39, 0.29) is 31.5 Å². The summed E-state index contributed by atoms with van der Waals surface area (Å²) in [5.41, 5.74) is 0.303. The van der Waals surface area contributed by atoms with Crippen molar-refractivity contribution in [2.45, 2.75) is 56.6 Å². The number of alkyl halides is 3. The van der Waals surface area contributed by atoms with E-state index < -0.39 is 50.4 Å². The molecule has 0 saturated carbocycles. The molecule has 4 rings (SSSR count). The fraction of sp³-hybridized carbons (Fsp3) is 0.345. The predicted molar refractivity (Wildman–Crippen MR) is 149 cm³/mol. The van der Waals surface area contributed by atoms with E-state index in [4.69, 9.17) is 9.47 Å². The van der Waals surface area contributed by atoms with E-state index in [0.717, 1.165) is 16.4 Å². The van der Waals surface area contributed by atoms with Gasteiger partial charge in [0, 0.05) is 25.0 Å². The number of anilines is 1. The number of carbonyl (C=O) groups is 2. The van der Waals surface area contributed by atoms with Gasteiger partial charge in [-0.2, -0.15) is 17.5 Å². The van der Waals surface area contributed by atoms with Crippen molar-refractivity contribution in [1.29, 1.82) is 0 Å². The Morgan fingerprint density at radius 2 is 1.81 bits per heavy atom. The first-order valence-electron chi connectivity index (χ1n) is 13.4. The minimum absolute atomic E-state index is 0.0413. The van der Waals surface area contributed by atoms with Crippen LogP contribution < -0.4 is 14.8 Å². The fourth-order valence-electron chi connectivity index (χ4n) is 4.33. The summed E-state index contributed by atoms with van der Waals surface area (Å²) in [5.74, 6) is -4.17. The number of aromatic nitrogens is 1. The molecule has 0 bridgehead atoms. The van der Waals surface area contributed by atoms with Crippen LogP contribution in [-0.2, 0) is 26.2 Å². The summed E-state index contributed by atoms with van der Waals surface area (Å²) in [5, 5.41) is 2.49. The van der Waals surface area contributed by atoms with Crippen LogP contribution in [0.1, 0.15) is 42.7 Å². The van der Waals surface area contributed by atoms with E-state index in [1.54, 1.807) is 36.5 Å². The number of amides is 1. The molecule has 0 spiro atoms. The van der Waals surface area contributed by atoms with E-state index in [2.05, 4.69) is 15.0 Å². The lowest BCUT2D eigenvalue weighted by atomic mass is 10.1. The number of nitrogens with zero attached hydrogens (tertiary/aromatic N) is 2. The lowest BCUT2D eigenvalue weighted by Gasteiger charge is -2.32. The van der Waals surface area contributed by atoms with Crippen LogP contribution in [0.25, 0.3) is 0 Å². The van der Waals surface area contributed by atoms with Crippen LogP contribution >= 0.6 is 0 Å². The van der Waals surface area contributed by atoms with Gasteiger partial charge in [-0.05, 0) is 75.2 Å². The van der Waals surface area contributed by atoms with Crippen molar-refractivity contribution in [3.8, 4) is 11.5 Å². The third-order valence-corrected chi connectivity index (χ3v) is 8.17. The van der Waals surface area contributed by atoms with Gasteiger partial charge < -0.3 is 19.5 Å². The third kappa shape index (κ3) is 8.30. The maximum atomic E-state index is 13.8. The van der Waals surface area contributed by atoms with E-state index in [0.29, 0.717) is 24.3 Å². The first kappa shape index (κ1) is 31.9. The molecule has 0 radical (unpaired) electrons. The van der Waals surface area contributed by atoms with Crippen LogP contribution in [-0.4, -0.2) is 61.1 Å². The number of hydrogen-bond acceptors (Lipinski definition) is 8. The number of piperidine rings is 1. The SMILES string of the molecule is CC(C)Oc1ccc(NC(=O)c2cccc(S(=O)(=O)N3CCCC(OCc4ccccn4)C3)c2OC(=O)C(F)(F)F)cc1. The van der Waals surface area contributed by atoms with Gasteiger partial charge in [0.1, 0.15) is 10.6 Å². The molecule has 1 aromatic heterocycles. The molecule has 1 saturated heterocycles. The molecule has 14 heteroatoms. The number of rotatable bonds is 10. The fourth-order valence-corrected chi connectivity index (χ4v) is 5.97. The number of benzene rings is 2. The number of halogens is 3. The molecule has 2 aromatic carbocycles. The zero-order valence-corrected chi connectivity index (χ0v) is 24.2. The monoisotopic (exact) mass is 621 g/mol. The zero-order chi connectivity index (χ0) is 31.2. The minimum Gasteiger partial charge on any atom is -0.491 e. The van der Waals surface area contributed by atoms with Crippen LogP contribution in [0.3, 0.4) is 0 Å². The molecule has 2 heterocycles. The normalized spacial score (nSPS) is 16.1. The molecule has 43 heavy (non-hydrogen) atoms. The smallest absolute Gasteiger partial charge is 0.491 e. The maximum Gasteiger partial charge on any atom is 0.491 e. The average Bonchev–Trinajstić information content (AvgIpc) is 2.97. The van der Waals surface area contributed by atoms with Gasteiger partial charge in [-0.1, -0.05) is 12.1 Å². The van der Waals surface area contributed by atoms with Crippen LogP contribution in [0.4, 0.5) is 18.9 Å². The van der Waals surface area contributed by atoms with Gasteiger partial charge in [-0.15, -0.1) is 0 Å². The second-order valence-electron chi connectivity index (χ2n) is 9.92. The Balaban J connectivity index is 1.61. The minimum atomic E-state index is -5.45. The predicted octanol–water partition coefficient (Wildman–Crippen LogP) is 4.96. The Morgan fingerprint density at radius 3 is 2.47 bits per heavy atom. The summed E-state index contributed by atoms with van der Waals surface area (Å²) in [6.07, 6.45) is -3.54. The second kappa shape index (κ2) is 13.5. The number of hydrogen-bond donors (Lipinski definition) is 1. The number of nitrogens with one attached hydrogen (secondary N) is 1. The first-order chi connectivity index (χ1) is 20.3. The molecular weight excluding hydrogens is 591 g/mol. The topological polar surface area (TPSA) is 124 Å².